The minimum Gasteiger partial charge on any atom is -0.379 e. The number of anilines is 1. The highest BCUT2D eigenvalue weighted by Gasteiger charge is 2.27. The molecule has 3 heterocycles. The number of likely N-dealkylation sites (tertiary alicyclic amines) is 1. The van der Waals surface area contributed by atoms with Gasteiger partial charge in [-0.1, -0.05) is 60.7 Å². The Morgan fingerprint density at radius 1 is 1.06 bits per heavy atom. The number of nitrogens with one attached hydrogen (secondary N) is 1. The van der Waals surface area contributed by atoms with Crippen LogP contribution in [0.1, 0.15) is 50.6 Å². The lowest BCUT2D eigenvalue weighted by Gasteiger charge is -2.32. The lowest BCUT2D eigenvalue weighted by Crippen LogP contribution is -2.38. The van der Waals surface area contributed by atoms with E-state index in [1.54, 1.807) is 11.6 Å². The molecule has 1 saturated heterocycles. The lowest BCUT2D eigenvalue weighted by molar-refractivity contribution is 0.0713. The summed E-state index contributed by atoms with van der Waals surface area (Å²) in [7, 11) is 0. The van der Waals surface area contributed by atoms with E-state index < -0.39 is 0 Å². The average Bonchev–Trinajstić information content (AvgIpc) is 3.31. The van der Waals surface area contributed by atoms with Gasteiger partial charge in [0.05, 0.1) is 27.0 Å². The summed E-state index contributed by atoms with van der Waals surface area (Å²) in [5, 5.41) is 5.28. The number of rotatable bonds is 6. The molecule has 5 rings (SSSR count). The van der Waals surface area contributed by atoms with E-state index >= 15 is 0 Å². The number of carbonyl (C=O) groups excluding carboxylic acids is 2. The van der Waals surface area contributed by atoms with Crippen LogP contribution in [0.5, 0.6) is 0 Å². The van der Waals surface area contributed by atoms with Gasteiger partial charge in [0.25, 0.3) is 5.91 Å². The third kappa shape index (κ3) is 4.39. The molecule has 6 heteroatoms. The maximum atomic E-state index is 13.6. The topological polar surface area (TPSA) is 62.3 Å². The van der Waals surface area contributed by atoms with Crippen molar-refractivity contribution in [2.45, 2.75) is 25.3 Å². The molecule has 5 nitrogen and oxygen atoms in total. The second-order valence-electron chi connectivity index (χ2n) is 8.35. The number of fused-ring (bicyclic) bond motifs is 1. The van der Waals surface area contributed by atoms with Crippen molar-refractivity contribution in [2.24, 2.45) is 0 Å². The van der Waals surface area contributed by atoms with Crippen LogP contribution < -0.4 is 5.32 Å². The van der Waals surface area contributed by atoms with Crippen LogP contribution in [0.25, 0.3) is 10.2 Å². The molecule has 2 aromatic carbocycles. The average molecular weight is 456 g/mol. The Balaban J connectivity index is 1.40. The van der Waals surface area contributed by atoms with Gasteiger partial charge in [0.1, 0.15) is 0 Å². The SMILES string of the molecule is O=Cc1csc2c(NCc3ccccc3)c(C(=O)N3CCC(c4ccccc4)CC3)cnc12. The quantitative estimate of drug-likeness (QED) is 0.377. The standard InChI is InChI=1S/C27H25N3O2S/c31-17-22-18-33-26-24(22)29-16-23(25(26)28-15-19-7-3-1-4-8-19)27(32)30-13-11-21(12-14-30)20-9-5-2-6-10-20/h1-10,16-18,21H,11-15H2,(H,28,29). The smallest absolute Gasteiger partial charge is 0.257 e. The van der Waals surface area contributed by atoms with E-state index in [-0.39, 0.29) is 5.91 Å². The minimum absolute atomic E-state index is 0.00692. The van der Waals surface area contributed by atoms with Gasteiger partial charge in [0.15, 0.2) is 6.29 Å². The van der Waals surface area contributed by atoms with Gasteiger partial charge in [-0.05, 0) is 29.9 Å². The molecule has 0 unspecified atom stereocenters. The maximum absolute atomic E-state index is 13.6. The van der Waals surface area contributed by atoms with Gasteiger partial charge in [0.2, 0.25) is 0 Å². The van der Waals surface area contributed by atoms with Crippen LogP contribution in [-0.2, 0) is 6.54 Å². The molecule has 33 heavy (non-hydrogen) atoms. The Kier molecular flexibility index (Phi) is 6.17. The summed E-state index contributed by atoms with van der Waals surface area (Å²) in [4.78, 5) is 31.5. The first-order valence-electron chi connectivity index (χ1n) is 11.2. The Labute approximate surface area is 197 Å². The molecule has 2 aromatic heterocycles. The molecule has 1 aliphatic rings. The number of nitrogens with zero attached hydrogens (tertiary/aromatic N) is 2. The Morgan fingerprint density at radius 3 is 2.45 bits per heavy atom. The van der Waals surface area contributed by atoms with Crippen molar-refractivity contribution in [1.29, 1.82) is 0 Å². The molecule has 1 amide bonds. The summed E-state index contributed by atoms with van der Waals surface area (Å²) < 4.78 is 0.845. The molecule has 0 atom stereocenters. The van der Waals surface area contributed by atoms with E-state index in [0.29, 0.717) is 29.1 Å². The summed E-state index contributed by atoms with van der Waals surface area (Å²) in [5.74, 6) is 0.478. The van der Waals surface area contributed by atoms with Crippen molar-refractivity contribution >= 4 is 39.4 Å². The van der Waals surface area contributed by atoms with Gasteiger partial charge in [-0.25, -0.2) is 0 Å². The second kappa shape index (κ2) is 9.55. The van der Waals surface area contributed by atoms with Crippen LogP contribution >= 0.6 is 11.3 Å². The Bertz CT molecular complexity index is 1260. The van der Waals surface area contributed by atoms with E-state index in [1.165, 1.54) is 16.9 Å². The molecule has 0 saturated carbocycles. The van der Waals surface area contributed by atoms with Crippen LogP contribution in [0.4, 0.5) is 5.69 Å². The fourth-order valence-corrected chi connectivity index (χ4v) is 5.50. The molecule has 0 bridgehead atoms. The summed E-state index contributed by atoms with van der Waals surface area (Å²) in [6.07, 6.45) is 4.35. The molecule has 0 spiro atoms. The normalized spacial score (nSPS) is 14.4. The highest BCUT2D eigenvalue weighted by molar-refractivity contribution is 7.18. The first kappa shape index (κ1) is 21.3. The van der Waals surface area contributed by atoms with Crippen molar-refractivity contribution in [1.82, 2.24) is 9.88 Å². The van der Waals surface area contributed by atoms with Crippen molar-refractivity contribution in [3.8, 4) is 0 Å². The van der Waals surface area contributed by atoms with Crippen molar-refractivity contribution in [2.75, 3.05) is 18.4 Å². The summed E-state index contributed by atoms with van der Waals surface area (Å²) in [6, 6.07) is 20.6. The van der Waals surface area contributed by atoms with E-state index in [4.69, 9.17) is 0 Å². The number of thiophene rings is 1. The third-order valence-electron chi connectivity index (χ3n) is 6.33. The summed E-state index contributed by atoms with van der Waals surface area (Å²) >= 11 is 1.45. The van der Waals surface area contributed by atoms with Crippen LogP contribution in [0.2, 0.25) is 0 Å². The van der Waals surface area contributed by atoms with E-state index in [1.807, 2.05) is 41.3 Å². The minimum atomic E-state index is -0.00692. The van der Waals surface area contributed by atoms with Crippen LogP contribution in [-0.4, -0.2) is 35.2 Å². The number of hydrogen-bond acceptors (Lipinski definition) is 5. The van der Waals surface area contributed by atoms with Crippen molar-refractivity contribution in [3.05, 3.63) is 94.5 Å². The monoisotopic (exact) mass is 455 g/mol. The van der Waals surface area contributed by atoms with Gasteiger partial charge in [-0.3, -0.25) is 14.6 Å². The maximum Gasteiger partial charge on any atom is 0.257 e. The first-order chi connectivity index (χ1) is 16.2. The number of hydrogen-bond donors (Lipinski definition) is 1. The van der Waals surface area contributed by atoms with E-state index in [0.717, 1.165) is 48.2 Å². The molecule has 0 radical (unpaired) electrons. The zero-order valence-electron chi connectivity index (χ0n) is 18.2. The molecule has 1 fully saturated rings. The Hall–Kier alpha value is -3.51. The molecular formula is C27H25N3O2S. The number of benzene rings is 2. The van der Waals surface area contributed by atoms with E-state index in [9.17, 15) is 9.59 Å². The van der Waals surface area contributed by atoms with Gasteiger partial charge >= 0.3 is 0 Å². The van der Waals surface area contributed by atoms with Crippen LogP contribution in [0.15, 0.2) is 72.2 Å². The highest BCUT2D eigenvalue weighted by Crippen LogP contribution is 2.35. The lowest BCUT2D eigenvalue weighted by atomic mass is 9.89. The molecule has 1 N–H and O–H groups in total. The fraction of sp³-hybridized carbons (Fsp3) is 0.222. The number of pyridine rings is 1. The zero-order valence-corrected chi connectivity index (χ0v) is 19.1. The van der Waals surface area contributed by atoms with Crippen molar-refractivity contribution in [3.63, 3.8) is 0 Å². The third-order valence-corrected chi connectivity index (χ3v) is 7.34. The predicted octanol–water partition coefficient (Wildman–Crippen LogP) is 5.74. The van der Waals surface area contributed by atoms with Crippen LogP contribution in [0.3, 0.4) is 0 Å². The van der Waals surface area contributed by atoms with Gasteiger partial charge in [0, 0.05) is 31.2 Å². The Morgan fingerprint density at radius 2 is 1.76 bits per heavy atom. The largest absolute Gasteiger partial charge is 0.379 e. The molecule has 166 valence electrons. The molecule has 4 aromatic rings. The summed E-state index contributed by atoms with van der Waals surface area (Å²) in [5.41, 5.74) is 4.99. The number of aldehydes is 1. The van der Waals surface area contributed by atoms with E-state index in [2.05, 4.69) is 34.6 Å². The number of carbonyl (C=O) groups is 2. The van der Waals surface area contributed by atoms with Gasteiger partial charge in [-0.15, -0.1) is 11.3 Å². The van der Waals surface area contributed by atoms with Gasteiger partial charge in [-0.2, -0.15) is 0 Å². The van der Waals surface area contributed by atoms with Crippen molar-refractivity contribution < 1.29 is 9.59 Å². The number of amides is 1. The first-order valence-corrected chi connectivity index (χ1v) is 12.1. The molecule has 0 aliphatic carbocycles. The highest BCUT2D eigenvalue weighted by atomic mass is 32.1. The number of piperidine rings is 1. The molecule has 1 aliphatic heterocycles. The predicted molar refractivity (Wildman–Crippen MR) is 133 cm³/mol. The van der Waals surface area contributed by atoms with Gasteiger partial charge < -0.3 is 10.2 Å². The summed E-state index contributed by atoms with van der Waals surface area (Å²) in [6.45, 7) is 2.03. The fourth-order valence-electron chi connectivity index (χ4n) is 4.51. The zero-order chi connectivity index (χ0) is 22.6. The number of aromatic nitrogens is 1. The molecular weight excluding hydrogens is 430 g/mol. The second-order valence-corrected chi connectivity index (χ2v) is 9.23. The van der Waals surface area contributed by atoms with Crippen LogP contribution in [0, 0.1) is 0 Å².